The number of amides is 1. The van der Waals surface area contributed by atoms with Crippen molar-refractivity contribution in [3.8, 4) is 5.69 Å². The fourth-order valence-corrected chi connectivity index (χ4v) is 3.41. The lowest BCUT2D eigenvalue weighted by Gasteiger charge is -2.23. The molecule has 1 amide bonds. The van der Waals surface area contributed by atoms with Crippen LogP contribution in [0.25, 0.3) is 5.69 Å². The van der Waals surface area contributed by atoms with Gasteiger partial charge in [0.1, 0.15) is 0 Å². The van der Waals surface area contributed by atoms with Crippen molar-refractivity contribution in [3.05, 3.63) is 76.0 Å². The lowest BCUT2D eigenvalue weighted by molar-refractivity contribution is 0.0726. The predicted molar refractivity (Wildman–Crippen MR) is 96.2 cm³/mol. The van der Waals surface area contributed by atoms with Crippen molar-refractivity contribution in [2.75, 3.05) is 6.54 Å². The molecule has 3 aromatic rings. The number of aromatic nitrogens is 4. The molecule has 0 bridgehead atoms. The topological polar surface area (TPSA) is 83.9 Å². The molecule has 4 rings (SSSR count). The van der Waals surface area contributed by atoms with E-state index in [1.807, 2.05) is 43.3 Å². The number of benzene rings is 1. The molecule has 1 N–H and O–H groups in total. The average Bonchev–Trinajstić information content (AvgIpc) is 3.29. The van der Waals surface area contributed by atoms with Gasteiger partial charge in [0.2, 0.25) is 0 Å². The summed E-state index contributed by atoms with van der Waals surface area (Å²) < 4.78 is 1.77. The van der Waals surface area contributed by atoms with Crippen molar-refractivity contribution in [2.45, 2.75) is 25.8 Å². The third kappa shape index (κ3) is 2.92. The fraction of sp³-hybridized carbons (Fsp3) is 0.263. The van der Waals surface area contributed by atoms with E-state index in [0.717, 1.165) is 24.2 Å². The number of hydrogen-bond acceptors (Lipinski definition) is 4. The monoisotopic (exact) mass is 349 g/mol. The van der Waals surface area contributed by atoms with E-state index in [1.165, 1.54) is 6.07 Å². The highest BCUT2D eigenvalue weighted by Gasteiger charge is 2.33. The minimum absolute atomic E-state index is 0.113. The number of nitrogens with zero attached hydrogens (tertiary/aromatic N) is 4. The number of aryl methyl sites for hydroxylation is 1. The van der Waals surface area contributed by atoms with Crippen LogP contribution in [-0.4, -0.2) is 37.3 Å². The highest BCUT2D eigenvalue weighted by atomic mass is 16.2. The lowest BCUT2D eigenvalue weighted by Crippen LogP contribution is -2.31. The maximum absolute atomic E-state index is 13.0. The summed E-state index contributed by atoms with van der Waals surface area (Å²) in [6.07, 6.45) is 1.72. The van der Waals surface area contributed by atoms with Crippen LogP contribution >= 0.6 is 0 Å². The summed E-state index contributed by atoms with van der Waals surface area (Å²) in [6, 6.07) is 14.5. The molecule has 1 saturated heterocycles. The summed E-state index contributed by atoms with van der Waals surface area (Å²) >= 11 is 0. The van der Waals surface area contributed by atoms with Gasteiger partial charge in [0.05, 0.1) is 17.4 Å². The average molecular weight is 349 g/mol. The second kappa shape index (κ2) is 6.59. The number of H-pyrrole nitrogens is 1. The van der Waals surface area contributed by atoms with E-state index in [0.29, 0.717) is 17.9 Å². The van der Waals surface area contributed by atoms with Gasteiger partial charge in [0, 0.05) is 18.3 Å². The molecule has 7 nitrogen and oxygen atoms in total. The second-order valence-electron chi connectivity index (χ2n) is 6.42. The third-order valence-corrected chi connectivity index (χ3v) is 4.66. The predicted octanol–water partition coefficient (Wildman–Crippen LogP) is 2.24. The molecular weight excluding hydrogens is 330 g/mol. The molecule has 26 heavy (non-hydrogen) atoms. The summed E-state index contributed by atoms with van der Waals surface area (Å²) in [6.45, 7) is 2.59. The van der Waals surface area contributed by atoms with E-state index in [1.54, 1.807) is 15.6 Å². The molecule has 0 aliphatic carbocycles. The van der Waals surface area contributed by atoms with Crippen LogP contribution in [0.2, 0.25) is 0 Å². The fourth-order valence-electron chi connectivity index (χ4n) is 3.41. The van der Waals surface area contributed by atoms with Gasteiger partial charge in [-0.05, 0) is 44.0 Å². The van der Waals surface area contributed by atoms with E-state index in [-0.39, 0.29) is 17.5 Å². The molecule has 132 valence electrons. The Kier molecular flexibility index (Phi) is 4.12. The van der Waals surface area contributed by atoms with Gasteiger partial charge in [-0.1, -0.05) is 18.2 Å². The second-order valence-corrected chi connectivity index (χ2v) is 6.42. The number of carbonyl (C=O) groups excluding carboxylic acids is 1. The van der Waals surface area contributed by atoms with Gasteiger partial charge >= 0.3 is 0 Å². The SMILES string of the molecule is Cc1cc(C(=O)N2CCCC2c2ccc(=O)[nH]n2)nn1-c1ccccc1. The smallest absolute Gasteiger partial charge is 0.274 e. The molecule has 0 radical (unpaired) electrons. The zero-order valence-electron chi connectivity index (χ0n) is 14.4. The van der Waals surface area contributed by atoms with E-state index in [4.69, 9.17) is 0 Å². The van der Waals surface area contributed by atoms with E-state index >= 15 is 0 Å². The minimum Gasteiger partial charge on any atom is -0.329 e. The minimum atomic E-state index is -0.248. The third-order valence-electron chi connectivity index (χ3n) is 4.66. The van der Waals surface area contributed by atoms with Crippen LogP contribution in [-0.2, 0) is 0 Å². The Morgan fingerprint density at radius 1 is 1.19 bits per heavy atom. The first-order valence-corrected chi connectivity index (χ1v) is 8.62. The van der Waals surface area contributed by atoms with Crippen LogP contribution < -0.4 is 5.56 Å². The van der Waals surface area contributed by atoms with Gasteiger partial charge < -0.3 is 4.90 Å². The molecule has 7 heteroatoms. The number of carbonyl (C=O) groups is 1. The van der Waals surface area contributed by atoms with Gasteiger partial charge in [0.15, 0.2) is 5.69 Å². The standard InChI is InChI=1S/C19H19N5O2/c1-13-12-16(22-24(13)14-6-3-2-4-7-14)19(26)23-11-5-8-17(23)15-9-10-18(25)21-20-15/h2-4,6-7,9-10,12,17H,5,8,11H2,1H3,(H,21,25). The maximum atomic E-state index is 13.0. The number of likely N-dealkylation sites (tertiary alicyclic amines) is 1. The summed E-state index contributed by atoms with van der Waals surface area (Å²) in [5.41, 5.74) is 2.70. The largest absolute Gasteiger partial charge is 0.329 e. The molecule has 1 aliphatic heterocycles. The van der Waals surface area contributed by atoms with Crippen molar-refractivity contribution < 1.29 is 4.79 Å². The molecule has 1 atom stereocenters. The Morgan fingerprint density at radius 2 is 2.00 bits per heavy atom. The lowest BCUT2D eigenvalue weighted by atomic mass is 10.1. The van der Waals surface area contributed by atoms with Crippen LogP contribution in [0.1, 0.15) is 40.8 Å². The summed E-state index contributed by atoms with van der Waals surface area (Å²) in [5, 5.41) is 11.1. The number of para-hydroxylation sites is 1. The molecule has 1 aromatic carbocycles. The van der Waals surface area contributed by atoms with Crippen LogP contribution in [0.15, 0.2) is 53.3 Å². The normalized spacial score (nSPS) is 16.8. The number of nitrogens with one attached hydrogen (secondary N) is 1. The van der Waals surface area contributed by atoms with E-state index < -0.39 is 0 Å². The van der Waals surface area contributed by atoms with Crippen LogP contribution in [0, 0.1) is 6.92 Å². The van der Waals surface area contributed by atoms with Gasteiger partial charge in [0.25, 0.3) is 11.5 Å². The summed E-state index contributed by atoms with van der Waals surface area (Å²) in [7, 11) is 0. The van der Waals surface area contributed by atoms with Crippen LogP contribution in [0.3, 0.4) is 0 Å². The van der Waals surface area contributed by atoms with E-state index in [9.17, 15) is 9.59 Å². The molecule has 1 fully saturated rings. The number of rotatable bonds is 3. The highest BCUT2D eigenvalue weighted by molar-refractivity contribution is 5.93. The molecule has 2 aromatic heterocycles. The molecule has 1 unspecified atom stereocenters. The van der Waals surface area contributed by atoms with Crippen LogP contribution in [0.5, 0.6) is 0 Å². The quantitative estimate of drug-likeness (QED) is 0.786. The van der Waals surface area contributed by atoms with Crippen LogP contribution in [0.4, 0.5) is 0 Å². The molecule has 0 saturated carbocycles. The Bertz CT molecular complexity index is 972. The molecule has 3 heterocycles. The summed E-state index contributed by atoms with van der Waals surface area (Å²) in [5.74, 6) is -0.113. The number of aromatic amines is 1. The van der Waals surface area contributed by atoms with Crippen molar-refractivity contribution in [1.82, 2.24) is 24.9 Å². The van der Waals surface area contributed by atoms with Crippen molar-refractivity contribution in [2.24, 2.45) is 0 Å². The maximum Gasteiger partial charge on any atom is 0.274 e. The van der Waals surface area contributed by atoms with Gasteiger partial charge in [-0.25, -0.2) is 9.78 Å². The number of hydrogen-bond donors (Lipinski definition) is 1. The van der Waals surface area contributed by atoms with Gasteiger partial charge in [-0.2, -0.15) is 10.2 Å². The van der Waals surface area contributed by atoms with Gasteiger partial charge in [-0.3, -0.25) is 9.59 Å². The highest BCUT2D eigenvalue weighted by Crippen LogP contribution is 2.31. The van der Waals surface area contributed by atoms with E-state index in [2.05, 4.69) is 15.3 Å². The molecule has 1 aliphatic rings. The van der Waals surface area contributed by atoms with Gasteiger partial charge in [-0.15, -0.1) is 0 Å². The Balaban J connectivity index is 1.63. The summed E-state index contributed by atoms with van der Waals surface area (Å²) in [4.78, 5) is 26.1. The van der Waals surface area contributed by atoms with Crippen molar-refractivity contribution in [3.63, 3.8) is 0 Å². The first kappa shape index (κ1) is 16.3. The Morgan fingerprint density at radius 3 is 2.73 bits per heavy atom. The van der Waals surface area contributed by atoms with Crippen molar-refractivity contribution >= 4 is 5.91 Å². The zero-order chi connectivity index (χ0) is 18.1. The van der Waals surface area contributed by atoms with Crippen molar-refractivity contribution in [1.29, 1.82) is 0 Å². The first-order valence-electron chi connectivity index (χ1n) is 8.62. The first-order chi connectivity index (χ1) is 12.6. The Hall–Kier alpha value is -3.22. The molecular formula is C19H19N5O2. The Labute approximate surface area is 150 Å². The zero-order valence-corrected chi connectivity index (χ0v) is 14.4. The molecule has 0 spiro atoms.